The van der Waals surface area contributed by atoms with Crippen LogP contribution in [0.15, 0.2) is 82.6 Å². The molecule has 5 aromatic rings. The van der Waals surface area contributed by atoms with Crippen molar-refractivity contribution >= 4 is 28.3 Å². The summed E-state index contributed by atoms with van der Waals surface area (Å²) in [6.45, 7) is 0. The first-order chi connectivity index (χ1) is 14.6. The van der Waals surface area contributed by atoms with Crippen LogP contribution in [0.4, 0.5) is 4.39 Å². The van der Waals surface area contributed by atoms with E-state index in [2.05, 4.69) is 0 Å². The zero-order valence-corrected chi connectivity index (χ0v) is 16.3. The Bertz CT molecular complexity index is 1370. The fourth-order valence-corrected chi connectivity index (χ4v) is 4.11. The lowest BCUT2D eigenvalue weighted by molar-refractivity contribution is 0.0692. The predicted octanol–water partition coefficient (Wildman–Crippen LogP) is 6.73. The molecule has 3 aromatic carbocycles. The Labute approximate surface area is 174 Å². The van der Waals surface area contributed by atoms with Crippen molar-refractivity contribution in [2.75, 3.05) is 0 Å². The first-order valence-corrected chi connectivity index (χ1v) is 10.0. The van der Waals surface area contributed by atoms with E-state index in [4.69, 9.17) is 9.40 Å². The van der Waals surface area contributed by atoms with Gasteiger partial charge in [0.25, 0.3) is 0 Å². The lowest BCUT2D eigenvalue weighted by Gasteiger charge is -2.06. The smallest absolute Gasteiger partial charge is 0.338 e. The summed E-state index contributed by atoms with van der Waals surface area (Å²) in [7, 11) is 0. The second kappa shape index (κ2) is 7.24. The molecule has 0 bridgehead atoms. The fourth-order valence-electron chi connectivity index (χ4n) is 3.33. The van der Waals surface area contributed by atoms with Gasteiger partial charge in [-0.25, -0.2) is 14.2 Å². The molecule has 1 N–H and O–H groups in total. The maximum absolute atomic E-state index is 13.7. The molecular weight excluding hydrogens is 401 g/mol. The molecule has 0 spiro atoms. The van der Waals surface area contributed by atoms with Crippen LogP contribution in [0, 0.1) is 5.82 Å². The number of furan rings is 1. The van der Waals surface area contributed by atoms with E-state index in [0.29, 0.717) is 11.3 Å². The molecule has 4 nitrogen and oxygen atoms in total. The summed E-state index contributed by atoms with van der Waals surface area (Å²) in [4.78, 5) is 15.9. The van der Waals surface area contributed by atoms with Gasteiger partial charge in [0.2, 0.25) is 0 Å². The molecular formula is C24H14FNO3S. The monoisotopic (exact) mass is 415 g/mol. The molecule has 0 fully saturated rings. The summed E-state index contributed by atoms with van der Waals surface area (Å²) in [5.74, 6) is -1.33. The first kappa shape index (κ1) is 18.3. The number of para-hydroxylation sites is 1. The third-order valence-corrected chi connectivity index (χ3v) is 5.69. The highest BCUT2D eigenvalue weighted by Gasteiger charge is 2.14. The zero-order chi connectivity index (χ0) is 20.7. The van der Waals surface area contributed by atoms with Gasteiger partial charge in [0, 0.05) is 16.3 Å². The van der Waals surface area contributed by atoms with Crippen LogP contribution in [0.5, 0.6) is 0 Å². The molecule has 0 saturated heterocycles. The van der Waals surface area contributed by atoms with Crippen molar-refractivity contribution in [3.8, 4) is 33.2 Å². The standard InChI is InChI=1S/C24H14FNO3S/c25-19-9-8-15(11-18(19)24(27)28)14-5-3-6-16(10-14)20-13-30-23(26-20)22-12-17-4-1-2-7-21(17)29-22/h1-13H,(H,27,28). The molecule has 0 radical (unpaired) electrons. The van der Waals surface area contributed by atoms with Crippen LogP contribution in [0.2, 0.25) is 0 Å². The van der Waals surface area contributed by atoms with Gasteiger partial charge in [-0.05, 0) is 41.5 Å². The van der Waals surface area contributed by atoms with E-state index in [1.54, 1.807) is 6.07 Å². The summed E-state index contributed by atoms with van der Waals surface area (Å²) in [6, 6.07) is 21.4. The summed E-state index contributed by atoms with van der Waals surface area (Å²) in [5, 5.41) is 12.9. The molecule has 0 aliphatic rings. The summed E-state index contributed by atoms with van der Waals surface area (Å²) >= 11 is 1.49. The van der Waals surface area contributed by atoms with Crippen LogP contribution in [-0.4, -0.2) is 16.1 Å². The average molecular weight is 415 g/mol. The molecule has 0 saturated carbocycles. The number of carboxylic acid groups (broad SMARTS) is 1. The van der Waals surface area contributed by atoms with E-state index in [9.17, 15) is 14.3 Å². The normalized spacial score (nSPS) is 11.1. The number of rotatable bonds is 4. The van der Waals surface area contributed by atoms with Crippen LogP contribution in [0.25, 0.3) is 44.1 Å². The minimum absolute atomic E-state index is 0.348. The molecule has 30 heavy (non-hydrogen) atoms. The second-order valence-corrected chi connectivity index (χ2v) is 7.63. The fraction of sp³-hybridized carbons (Fsp3) is 0. The number of carboxylic acids is 1. The number of nitrogens with zero attached hydrogens (tertiary/aromatic N) is 1. The van der Waals surface area contributed by atoms with Crippen molar-refractivity contribution in [2.45, 2.75) is 0 Å². The maximum Gasteiger partial charge on any atom is 0.338 e. The Kier molecular flexibility index (Phi) is 4.41. The van der Waals surface area contributed by atoms with Gasteiger partial charge in [0.15, 0.2) is 10.8 Å². The third kappa shape index (κ3) is 3.27. The van der Waals surface area contributed by atoms with Gasteiger partial charge in [0.1, 0.15) is 11.4 Å². The van der Waals surface area contributed by atoms with Crippen molar-refractivity contribution in [3.05, 3.63) is 89.6 Å². The Morgan fingerprint density at radius 1 is 0.933 bits per heavy atom. The van der Waals surface area contributed by atoms with Crippen LogP contribution < -0.4 is 0 Å². The molecule has 2 heterocycles. The summed E-state index contributed by atoms with van der Waals surface area (Å²) < 4.78 is 19.6. The van der Waals surface area contributed by atoms with Gasteiger partial charge >= 0.3 is 5.97 Å². The Morgan fingerprint density at radius 3 is 2.57 bits per heavy atom. The number of hydrogen-bond acceptors (Lipinski definition) is 4. The first-order valence-electron chi connectivity index (χ1n) is 9.16. The molecule has 5 rings (SSSR count). The lowest BCUT2D eigenvalue weighted by atomic mass is 10.00. The molecule has 2 aromatic heterocycles. The van der Waals surface area contributed by atoms with Crippen molar-refractivity contribution in [1.82, 2.24) is 4.98 Å². The summed E-state index contributed by atoms with van der Waals surface area (Å²) in [6.07, 6.45) is 0. The van der Waals surface area contributed by atoms with Crippen molar-refractivity contribution < 1.29 is 18.7 Å². The molecule has 0 unspecified atom stereocenters. The molecule has 0 atom stereocenters. The maximum atomic E-state index is 13.7. The average Bonchev–Trinajstić information content (AvgIpc) is 3.41. The zero-order valence-electron chi connectivity index (χ0n) is 15.5. The second-order valence-electron chi connectivity index (χ2n) is 6.77. The molecule has 6 heteroatoms. The number of halogens is 1. The highest BCUT2D eigenvalue weighted by Crippen LogP contribution is 2.34. The number of aromatic nitrogens is 1. The Hall–Kier alpha value is -3.77. The highest BCUT2D eigenvalue weighted by atomic mass is 32.1. The topological polar surface area (TPSA) is 63.3 Å². The molecule has 0 aliphatic heterocycles. The number of thiazole rings is 1. The number of hydrogen-bond donors (Lipinski definition) is 1. The van der Waals surface area contributed by atoms with Crippen LogP contribution in [0.1, 0.15) is 10.4 Å². The highest BCUT2D eigenvalue weighted by molar-refractivity contribution is 7.13. The van der Waals surface area contributed by atoms with E-state index >= 15 is 0 Å². The number of benzene rings is 3. The largest absolute Gasteiger partial charge is 0.478 e. The van der Waals surface area contributed by atoms with Crippen LogP contribution >= 0.6 is 11.3 Å². The Balaban J connectivity index is 1.51. The Morgan fingerprint density at radius 2 is 1.73 bits per heavy atom. The number of fused-ring (bicyclic) bond motifs is 1. The lowest BCUT2D eigenvalue weighted by Crippen LogP contribution is -2.00. The van der Waals surface area contributed by atoms with Gasteiger partial charge in [-0.1, -0.05) is 42.5 Å². The van der Waals surface area contributed by atoms with Gasteiger partial charge in [-0.15, -0.1) is 11.3 Å². The SMILES string of the molecule is O=C(O)c1cc(-c2cccc(-c3csc(-c4cc5ccccc5o4)n3)c2)ccc1F. The minimum atomic E-state index is -1.29. The summed E-state index contributed by atoms with van der Waals surface area (Å²) in [5.41, 5.74) is 3.55. The third-order valence-electron chi connectivity index (χ3n) is 4.83. The van der Waals surface area contributed by atoms with E-state index in [-0.39, 0.29) is 5.56 Å². The van der Waals surface area contributed by atoms with Gasteiger partial charge in [-0.3, -0.25) is 0 Å². The number of carbonyl (C=O) groups is 1. The van der Waals surface area contributed by atoms with Crippen LogP contribution in [0.3, 0.4) is 0 Å². The quantitative estimate of drug-likeness (QED) is 0.354. The van der Waals surface area contributed by atoms with Gasteiger partial charge < -0.3 is 9.52 Å². The van der Waals surface area contributed by atoms with E-state index in [0.717, 1.165) is 32.8 Å². The predicted molar refractivity (Wildman–Crippen MR) is 115 cm³/mol. The van der Waals surface area contributed by atoms with Crippen molar-refractivity contribution in [2.24, 2.45) is 0 Å². The minimum Gasteiger partial charge on any atom is -0.478 e. The van der Waals surface area contributed by atoms with Gasteiger partial charge in [-0.2, -0.15) is 0 Å². The van der Waals surface area contributed by atoms with Crippen LogP contribution in [-0.2, 0) is 0 Å². The van der Waals surface area contributed by atoms with Crippen molar-refractivity contribution in [1.29, 1.82) is 0 Å². The van der Waals surface area contributed by atoms with E-state index in [1.807, 2.05) is 60.0 Å². The van der Waals surface area contributed by atoms with Crippen molar-refractivity contribution in [3.63, 3.8) is 0 Å². The molecule has 146 valence electrons. The van der Waals surface area contributed by atoms with E-state index < -0.39 is 11.8 Å². The molecule has 0 amide bonds. The van der Waals surface area contributed by atoms with E-state index in [1.165, 1.54) is 23.5 Å². The van der Waals surface area contributed by atoms with Gasteiger partial charge in [0.05, 0.1) is 11.3 Å². The number of aromatic carboxylic acids is 1. The molecule has 0 aliphatic carbocycles.